The van der Waals surface area contributed by atoms with E-state index in [0.717, 1.165) is 0 Å². The number of nitrogens with zero attached hydrogens (tertiary/aromatic N) is 2. The third kappa shape index (κ3) is 1.83. The minimum absolute atomic E-state index is 0.672. The molecule has 0 amide bonds. The first kappa shape index (κ1) is 10.5. The van der Waals surface area contributed by atoms with Crippen LogP contribution in [0.3, 0.4) is 0 Å². The summed E-state index contributed by atoms with van der Waals surface area (Å²) in [7, 11) is 0. The Kier molecular flexibility index (Phi) is 3.14. The molecule has 0 aromatic carbocycles. The summed E-state index contributed by atoms with van der Waals surface area (Å²) in [4.78, 5) is 0. The van der Waals surface area contributed by atoms with Crippen molar-refractivity contribution in [2.45, 2.75) is 52.0 Å². The molecule has 14 heavy (non-hydrogen) atoms. The van der Waals surface area contributed by atoms with E-state index in [1.54, 1.807) is 0 Å². The van der Waals surface area contributed by atoms with Gasteiger partial charge in [-0.2, -0.15) is 5.10 Å². The van der Waals surface area contributed by atoms with Crippen LogP contribution in [0.25, 0.3) is 0 Å². The lowest BCUT2D eigenvalue weighted by Crippen LogP contribution is -2.15. The maximum Gasteiger partial charge on any atom is 0.0730 e. The van der Waals surface area contributed by atoms with Gasteiger partial charge in [-0.15, -0.1) is 0 Å². The highest BCUT2D eigenvalue weighted by atomic mass is 127. The highest BCUT2D eigenvalue weighted by Crippen LogP contribution is 2.30. The number of hydrogen-bond donors (Lipinski definition) is 0. The van der Waals surface area contributed by atoms with Gasteiger partial charge in [-0.1, -0.05) is 19.3 Å². The zero-order valence-electron chi connectivity index (χ0n) is 8.89. The molecule has 0 N–H and O–H groups in total. The number of halogens is 1. The summed E-state index contributed by atoms with van der Waals surface area (Å²) in [6, 6.07) is 0.672. The van der Waals surface area contributed by atoms with E-state index in [9.17, 15) is 0 Å². The first-order chi connectivity index (χ1) is 6.70. The van der Waals surface area contributed by atoms with Gasteiger partial charge in [0.25, 0.3) is 0 Å². The molecule has 1 aromatic heterocycles. The fourth-order valence-electron chi connectivity index (χ4n) is 2.32. The summed E-state index contributed by atoms with van der Waals surface area (Å²) in [5.74, 6) is 0. The molecule has 0 radical (unpaired) electrons. The molecule has 0 spiro atoms. The van der Waals surface area contributed by atoms with Gasteiger partial charge >= 0.3 is 0 Å². The van der Waals surface area contributed by atoms with E-state index in [2.05, 4.69) is 46.2 Å². The van der Waals surface area contributed by atoms with Crippen LogP contribution < -0.4 is 0 Å². The second-order valence-corrected chi connectivity index (χ2v) is 5.30. The molecule has 1 aliphatic rings. The molecule has 0 aliphatic heterocycles. The molecule has 1 fully saturated rings. The summed E-state index contributed by atoms with van der Waals surface area (Å²) < 4.78 is 3.60. The third-order valence-corrected chi connectivity index (χ3v) is 4.72. The normalized spacial score (nSPS) is 18.8. The highest BCUT2D eigenvalue weighted by molar-refractivity contribution is 14.1. The molecule has 1 heterocycles. The van der Waals surface area contributed by atoms with Crippen molar-refractivity contribution >= 4 is 22.6 Å². The molecular formula is C11H17IN2. The van der Waals surface area contributed by atoms with Crippen molar-refractivity contribution in [2.75, 3.05) is 0 Å². The SMILES string of the molecule is Cc1nn(C2CCCCC2)c(C)c1I. The van der Waals surface area contributed by atoms with E-state index in [0.29, 0.717) is 6.04 Å². The monoisotopic (exact) mass is 304 g/mol. The second kappa shape index (κ2) is 4.21. The molecule has 78 valence electrons. The van der Waals surface area contributed by atoms with Crippen LogP contribution in [-0.2, 0) is 0 Å². The summed E-state index contributed by atoms with van der Waals surface area (Å²) in [6.07, 6.45) is 6.79. The van der Waals surface area contributed by atoms with Gasteiger partial charge in [0.05, 0.1) is 15.3 Å². The Morgan fingerprint density at radius 1 is 1.21 bits per heavy atom. The molecule has 1 saturated carbocycles. The first-order valence-corrected chi connectivity index (χ1v) is 6.49. The van der Waals surface area contributed by atoms with Crippen molar-refractivity contribution in [3.05, 3.63) is 15.0 Å². The predicted molar refractivity (Wildman–Crippen MR) is 66.5 cm³/mol. The Morgan fingerprint density at radius 2 is 1.86 bits per heavy atom. The fourth-order valence-corrected chi connectivity index (χ4v) is 2.68. The summed E-state index contributed by atoms with van der Waals surface area (Å²) in [5, 5.41) is 4.64. The quantitative estimate of drug-likeness (QED) is 0.725. The first-order valence-electron chi connectivity index (χ1n) is 5.41. The zero-order chi connectivity index (χ0) is 10.1. The standard InChI is InChI=1S/C11H17IN2/c1-8-11(12)9(2)14(13-8)10-6-4-3-5-7-10/h10H,3-7H2,1-2H3. The summed E-state index contributed by atoms with van der Waals surface area (Å²) in [6.45, 7) is 4.30. The zero-order valence-corrected chi connectivity index (χ0v) is 11.0. The Hall–Kier alpha value is -0.0600. The van der Waals surface area contributed by atoms with Crippen molar-refractivity contribution in [2.24, 2.45) is 0 Å². The highest BCUT2D eigenvalue weighted by Gasteiger charge is 2.19. The molecule has 0 saturated heterocycles. The lowest BCUT2D eigenvalue weighted by atomic mass is 9.95. The van der Waals surface area contributed by atoms with Gasteiger partial charge in [-0.25, -0.2) is 0 Å². The van der Waals surface area contributed by atoms with Gasteiger partial charge in [-0.05, 0) is 49.3 Å². The van der Waals surface area contributed by atoms with Gasteiger partial charge in [0.1, 0.15) is 0 Å². The average Bonchev–Trinajstić information content (AvgIpc) is 2.47. The molecule has 2 rings (SSSR count). The Balaban J connectivity index is 2.26. The van der Waals surface area contributed by atoms with Crippen LogP contribution in [0, 0.1) is 17.4 Å². The molecule has 1 aliphatic carbocycles. The predicted octanol–water partition coefficient (Wildman–Crippen LogP) is 3.61. The Morgan fingerprint density at radius 3 is 2.36 bits per heavy atom. The van der Waals surface area contributed by atoms with Crippen LogP contribution in [0.2, 0.25) is 0 Å². The lowest BCUT2D eigenvalue weighted by molar-refractivity contribution is 0.324. The van der Waals surface area contributed by atoms with Gasteiger partial charge in [0.2, 0.25) is 0 Å². The smallest absolute Gasteiger partial charge is 0.0730 e. The molecule has 0 bridgehead atoms. The van der Waals surface area contributed by atoms with E-state index in [4.69, 9.17) is 0 Å². The minimum Gasteiger partial charge on any atom is -0.265 e. The van der Waals surface area contributed by atoms with Crippen LogP contribution >= 0.6 is 22.6 Å². The fraction of sp³-hybridized carbons (Fsp3) is 0.727. The van der Waals surface area contributed by atoms with E-state index < -0.39 is 0 Å². The maximum absolute atomic E-state index is 4.64. The number of rotatable bonds is 1. The number of aromatic nitrogens is 2. The molecule has 0 unspecified atom stereocenters. The van der Waals surface area contributed by atoms with Crippen molar-refractivity contribution in [1.29, 1.82) is 0 Å². The van der Waals surface area contributed by atoms with Crippen LogP contribution in [0.5, 0.6) is 0 Å². The van der Waals surface area contributed by atoms with Crippen LogP contribution in [-0.4, -0.2) is 9.78 Å². The van der Waals surface area contributed by atoms with E-state index >= 15 is 0 Å². The maximum atomic E-state index is 4.64. The van der Waals surface area contributed by atoms with Crippen molar-refractivity contribution in [3.8, 4) is 0 Å². The molecule has 0 atom stereocenters. The van der Waals surface area contributed by atoms with Crippen LogP contribution in [0.1, 0.15) is 49.5 Å². The number of hydrogen-bond acceptors (Lipinski definition) is 1. The summed E-state index contributed by atoms with van der Waals surface area (Å²) in [5.41, 5.74) is 2.55. The lowest BCUT2D eigenvalue weighted by Gasteiger charge is -2.23. The van der Waals surface area contributed by atoms with E-state index in [-0.39, 0.29) is 0 Å². The molecule has 2 nitrogen and oxygen atoms in total. The van der Waals surface area contributed by atoms with Crippen LogP contribution in [0.15, 0.2) is 0 Å². The van der Waals surface area contributed by atoms with Gasteiger partial charge in [0.15, 0.2) is 0 Å². The average molecular weight is 304 g/mol. The third-order valence-electron chi connectivity index (χ3n) is 3.16. The molecule has 3 heteroatoms. The van der Waals surface area contributed by atoms with Crippen molar-refractivity contribution in [1.82, 2.24) is 9.78 Å². The van der Waals surface area contributed by atoms with Crippen LogP contribution in [0.4, 0.5) is 0 Å². The topological polar surface area (TPSA) is 17.8 Å². The van der Waals surface area contributed by atoms with Gasteiger partial charge in [0, 0.05) is 5.69 Å². The van der Waals surface area contributed by atoms with Gasteiger partial charge in [-0.3, -0.25) is 4.68 Å². The number of aryl methyl sites for hydroxylation is 1. The van der Waals surface area contributed by atoms with Gasteiger partial charge < -0.3 is 0 Å². The summed E-state index contributed by atoms with van der Waals surface area (Å²) >= 11 is 2.40. The van der Waals surface area contributed by atoms with Crippen molar-refractivity contribution in [3.63, 3.8) is 0 Å². The minimum atomic E-state index is 0.672. The van der Waals surface area contributed by atoms with E-state index in [1.807, 2.05) is 0 Å². The molecular weight excluding hydrogens is 287 g/mol. The second-order valence-electron chi connectivity index (χ2n) is 4.22. The molecule has 1 aromatic rings. The Labute approximate surface area is 99.2 Å². The van der Waals surface area contributed by atoms with E-state index in [1.165, 1.54) is 47.1 Å². The Bertz CT molecular complexity index is 324. The largest absolute Gasteiger partial charge is 0.265 e. The van der Waals surface area contributed by atoms with Crippen molar-refractivity contribution < 1.29 is 0 Å².